The highest BCUT2D eigenvalue weighted by Gasteiger charge is 2.25. The van der Waals surface area contributed by atoms with Crippen LogP contribution in [-0.2, 0) is 11.2 Å². The molecule has 0 saturated heterocycles. The van der Waals surface area contributed by atoms with Crippen LogP contribution >= 0.6 is 0 Å². The quantitative estimate of drug-likeness (QED) is 0.732. The van der Waals surface area contributed by atoms with Crippen LogP contribution in [0.5, 0.6) is 5.75 Å². The van der Waals surface area contributed by atoms with Crippen molar-refractivity contribution in [2.75, 3.05) is 11.3 Å². The maximum absolute atomic E-state index is 12.3. The van der Waals surface area contributed by atoms with Gasteiger partial charge in [-0.2, -0.15) is 4.40 Å². The van der Waals surface area contributed by atoms with E-state index in [0.29, 0.717) is 22.6 Å². The van der Waals surface area contributed by atoms with Crippen molar-refractivity contribution in [1.82, 2.24) is 10.3 Å². The Balaban J connectivity index is 1.71. The largest absolute Gasteiger partial charge is 0.490 e. The molecule has 0 fully saturated rings. The van der Waals surface area contributed by atoms with E-state index < -0.39 is 16.7 Å². The van der Waals surface area contributed by atoms with E-state index in [4.69, 9.17) is 10.5 Å². The first-order valence-corrected chi connectivity index (χ1v) is 8.98. The number of amidine groups is 1. The van der Waals surface area contributed by atoms with E-state index >= 15 is 0 Å². The molecule has 3 rings (SSSR count). The molecule has 2 aromatic rings. The fraction of sp³-hybridized carbons (Fsp3) is 0.235. The third-order valence-corrected chi connectivity index (χ3v) is 4.38. The van der Waals surface area contributed by atoms with Gasteiger partial charge in [0.15, 0.2) is 0 Å². The molecular formula is C17H19N5O3S. The van der Waals surface area contributed by atoms with E-state index in [1.54, 1.807) is 36.5 Å². The van der Waals surface area contributed by atoms with Crippen LogP contribution in [0.3, 0.4) is 0 Å². The van der Waals surface area contributed by atoms with Crippen molar-refractivity contribution in [1.29, 1.82) is 0 Å². The zero-order valence-corrected chi connectivity index (χ0v) is 15.2. The van der Waals surface area contributed by atoms with Gasteiger partial charge >= 0.3 is 0 Å². The van der Waals surface area contributed by atoms with Crippen LogP contribution in [0.2, 0.25) is 0 Å². The van der Waals surface area contributed by atoms with E-state index in [-0.39, 0.29) is 18.3 Å². The lowest BCUT2D eigenvalue weighted by Crippen LogP contribution is -2.48. The first-order valence-electron chi connectivity index (χ1n) is 7.87. The molecule has 9 heteroatoms. The molecule has 1 aromatic heterocycles. The molecule has 4 N–H and O–H groups in total. The lowest BCUT2D eigenvalue weighted by Gasteiger charge is -2.27. The molecule has 1 unspecified atom stereocenters. The van der Waals surface area contributed by atoms with Crippen molar-refractivity contribution in [3.05, 3.63) is 53.9 Å². The number of carbonyl (C=O) groups excluding carboxylic acids is 1. The van der Waals surface area contributed by atoms with Crippen molar-refractivity contribution < 1.29 is 13.7 Å². The lowest BCUT2D eigenvalue weighted by molar-refractivity contribution is 0.0880. The number of ether oxygens (including phenoxy) is 1. The second-order valence-corrected chi connectivity index (χ2v) is 7.26. The highest BCUT2D eigenvalue weighted by atomic mass is 32.2. The maximum atomic E-state index is 12.3. The molecular weight excluding hydrogens is 354 g/mol. The molecule has 1 aromatic carbocycles. The molecule has 1 atom stereocenters. The Morgan fingerprint density at radius 3 is 2.88 bits per heavy atom. The summed E-state index contributed by atoms with van der Waals surface area (Å²) in [6.45, 7) is 3.90. The fourth-order valence-corrected chi connectivity index (χ4v) is 3.10. The van der Waals surface area contributed by atoms with Crippen LogP contribution in [0, 0.1) is 0 Å². The number of fused-ring (bicyclic) bond motifs is 1. The number of aromatic nitrogens is 1. The van der Waals surface area contributed by atoms with Crippen LogP contribution < -0.4 is 20.5 Å². The van der Waals surface area contributed by atoms with E-state index in [1.807, 2.05) is 13.8 Å². The number of nitrogens with two attached hydrogens (primary N) is 1. The van der Waals surface area contributed by atoms with Gasteiger partial charge in [0.05, 0.1) is 22.4 Å². The van der Waals surface area contributed by atoms with Crippen LogP contribution in [0.1, 0.15) is 29.8 Å². The first kappa shape index (κ1) is 17.9. The van der Waals surface area contributed by atoms with Crippen LogP contribution in [0.25, 0.3) is 0 Å². The summed E-state index contributed by atoms with van der Waals surface area (Å²) in [7, 11) is 0. The van der Waals surface area contributed by atoms with Gasteiger partial charge in [0, 0.05) is 12.4 Å². The molecule has 1 aliphatic rings. The van der Waals surface area contributed by atoms with Gasteiger partial charge in [-0.3, -0.25) is 14.5 Å². The Morgan fingerprint density at radius 1 is 1.35 bits per heavy atom. The van der Waals surface area contributed by atoms with E-state index in [0.717, 1.165) is 0 Å². The monoisotopic (exact) mass is 373 g/mol. The fourth-order valence-electron chi connectivity index (χ4n) is 2.42. The molecule has 0 bridgehead atoms. The minimum absolute atomic E-state index is 0.143. The zero-order chi connectivity index (χ0) is 18.7. The van der Waals surface area contributed by atoms with Crippen molar-refractivity contribution in [3.63, 3.8) is 0 Å². The average molecular weight is 373 g/mol. The molecule has 136 valence electrons. The number of hydrogen-bond donors (Lipinski definition) is 3. The predicted octanol–water partition coefficient (Wildman–Crippen LogP) is 1.38. The SMILES string of the molecule is CC(C)(COc1cccc2c1C(N)=NS(=O)N2)NC(=O)c1cccnc1. The molecule has 0 aliphatic carbocycles. The number of pyridine rings is 1. The molecule has 1 amide bonds. The summed E-state index contributed by atoms with van der Waals surface area (Å²) in [5, 5.41) is 2.91. The summed E-state index contributed by atoms with van der Waals surface area (Å²) in [5.74, 6) is 0.404. The van der Waals surface area contributed by atoms with E-state index in [2.05, 4.69) is 19.4 Å². The molecule has 0 radical (unpaired) electrons. The zero-order valence-electron chi connectivity index (χ0n) is 14.4. The standard InChI is InChI=1S/C17H19N5O3S/c1-17(2,20-16(23)11-5-4-8-19-9-11)10-25-13-7-3-6-12-14(13)15(18)22-26(24)21-12/h3-9,21H,10H2,1-2H3,(H2,18,22)(H,20,23). The lowest BCUT2D eigenvalue weighted by atomic mass is 10.1. The summed E-state index contributed by atoms with van der Waals surface area (Å²) in [6, 6.07) is 8.65. The van der Waals surface area contributed by atoms with Gasteiger partial charge < -0.3 is 15.8 Å². The second kappa shape index (κ2) is 7.12. The number of anilines is 1. The predicted molar refractivity (Wildman–Crippen MR) is 100 cm³/mol. The van der Waals surface area contributed by atoms with Crippen LogP contribution in [0.4, 0.5) is 5.69 Å². The summed E-state index contributed by atoms with van der Waals surface area (Å²) >= 11 is -1.60. The summed E-state index contributed by atoms with van der Waals surface area (Å²) in [6.07, 6.45) is 3.11. The third kappa shape index (κ3) is 3.99. The molecule has 2 heterocycles. The number of amides is 1. The number of hydrogen-bond acceptors (Lipinski definition) is 5. The smallest absolute Gasteiger partial charge is 0.253 e. The van der Waals surface area contributed by atoms with Gasteiger partial charge in [0.2, 0.25) is 11.2 Å². The molecule has 1 aliphatic heterocycles. The topological polar surface area (TPSA) is 119 Å². The Morgan fingerprint density at radius 2 is 2.15 bits per heavy atom. The van der Waals surface area contributed by atoms with Gasteiger partial charge in [-0.05, 0) is 38.1 Å². The minimum atomic E-state index is -1.60. The number of benzene rings is 1. The van der Waals surface area contributed by atoms with E-state index in [1.165, 1.54) is 6.20 Å². The van der Waals surface area contributed by atoms with Gasteiger partial charge in [-0.25, -0.2) is 4.21 Å². The summed E-state index contributed by atoms with van der Waals surface area (Å²) in [5.41, 5.74) is 6.87. The normalized spacial score (nSPS) is 16.1. The van der Waals surface area contributed by atoms with Crippen molar-refractivity contribution in [3.8, 4) is 5.75 Å². The highest BCUT2D eigenvalue weighted by molar-refractivity contribution is 7.85. The Hall–Kier alpha value is -2.94. The molecule has 0 spiro atoms. The third-order valence-electron chi connectivity index (χ3n) is 3.63. The Bertz CT molecular complexity index is 883. The summed E-state index contributed by atoms with van der Waals surface area (Å²) in [4.78, 5) is 16.2. The summed E-state index contributed by atoms with van der Waals surface area (Å²) < 4.78 is 24.0. The van der Waals surface area contributed by atoms with Gasteiger partial charge in [0.1, 0.15) is 18.2 Å². The van der Waals surface area contributed by atoms with Gasteiger partial charge in [-0.1, -0.05) is 6.07 Å². The maximum Gasteiger partial charge on any atom is 0.253 e. The first-order chi connectivity index (χ1) is 12.4. The number of carbonyl (C=O) groups is 1. The van der Waals surface area contributed by atoms with Crippen LogP contribution in [0.15, 0.2) is 47.1 Å². The second-order valence-electron chi connectivity index (χ2n) is 6.37. The number of nitrogens with zero attached hydrogens (tertiary/aromatic N) is 2. The number of rotatable bonds is 5. The highest BCUT2D eigenvalue weighted by Crippen LogP contribution is 2.30. The van der Waals surface area contributed by atoms with Crippen molar-refractivity contribution in [2.45, 2.75) is 19.4 Å². The average Bonchev–Trinajstić information content (AvgIpc) is 2.60. The molecule has 8 nitrogen and oxygen atoms in total. The molecule has 0 saturated carbocycles. The Labute approximate surface area is 153 Å². The Kier molecular flexibility index (Phi) is 4.90. The minimum Gasteiger partial charge on any atom is -0.490 e. The number of nitrogens with one attached hydrogen (secondary N) is 2. The van der Waals surface area contributed by atoms with Gasteiger partial charge in [-0.15, -0.1) is 0 Å². The van der Waals surface area contributed by atoms with Gasteiger partial charge in [0.25, 0.3) is 5.91 Å². The van der Waals surface area contributed by atoms with E-state index in [9.17, 15) is 9.00 Å². The molecule has 26 heavy (non-hydrogen) atoms. The van der Waals surface area contributed by atoms with Crippen molar-refractivity contribution >= 4 is 28.6 Å². The van der Waals surface area contributed by atoms with Crippen LogP contribution in [-0.4, -0.2) is 33.1 Å². The van der Waals surface area contributed by atoms with Crippen molar-refractivity contribution in [2.24, 2.45) is 10.1 Å².